The van der Waals surface area contributed by atoms with Crippen LogP contribution in [0.5, 0.6) is 5.75 Å². The maximum Gasteiger partial charge on any atom is 0.137 e. The lowest BCUT2D eigenvalue weighted by Gasteiger charge is -2.27. The van der Waals surface area contributed by atoms with Gasteiger partial charge in [0.2, 0.25) is 0 Å². The first-order valence-corrected chi connectivity index (χ1v) is 11.7. The summed E-state index contributed by atoms with van der Waals surface area (Å²) >= 11 is 6.18. The summed E-state index contributed by atoms with van der Waals surface area (Å²) in [6, 6.07) is 16.5. The van der Waals surface area contributed by atoms with Gasteiger partial charge >= 0.3 is 0 Å². The first-order valence-electron chi connectivity index (χ1n) is 11.3. The molecular weight excluding hydrogens is 394 g/mol. The number of benzene rings is 2. The van der Waals surface area contributed by atoms with Crippen LogP contribution >= 0.6 is 11.6 Å². The van der Waals surface area contributed by atoms with Crippen molar-refractivity contribution in [3.8, 4) is 5.75 Å². The summed E-state index contributed by atoms with van der Waals surface area (Å²) in [4.78, 5) is 7.67. The minimum absolute atomic E-state index is 0.342. The quantitative estimate of drug-likeness (QED) is 0.386. The van der Waals surface area contributed by atoms with Crippen molar-refractivity contribution < 1.29 is 4.74 Å². The third-order valence-corrected chi connectivity index (χ3v) is 6.43. The summed E-state index contributed by atoms with van der Waals surface area (Å²) in [5.41, 5.74) is 2.34. The number of likely N-dealkylation sites (tertiary alicyclic amines) is 1. The molecule has 5 heteroatoms. The summed E-state index contributed by atoms with van der Waals surface area (Å²) < 4.78 is 8.30. The van der Waals surface area contributed by atoms with Gasteiger partial charge in [-0.25, -0.2) is 4.98 Å². The molecule has 2 heterocycles. The number of unbranched alkanes of at least 4 members (excludes halogenated alkanes) is 1. The highest BCUT2D eigenvalue weighted by Gasteiger charge is 2.23. The fraction of sp³-hybridized carbons (Fsp3) is 0.480. The number of aromatic nitrogens is 2. The van der Waals surface area contributed by atoms with Crippen molar-refractivity contribution in [1.82, 2.24) is 14.5 Å². The smallest absolute Gasteiger partial charge is 0.137 e. The molecule has 30 heavy (non-hydrogen) atoms. The molecular formula is C25H32ClN3O. The number of halogens is 1. The van der Waals surface area contributed by atoms with Gasteiger partial charge in [-0.15, -0.1) is 0 Å². The zero-order valence-electron chi connectivity index (χ0n) is 17.9. The van der Waals surface area contributed by atoms with Crippen LogP contribution in [0, 0.1) is 0 Å². The van der Waals surface area contributed by atoms with Gasteiger partial charge in [-0.1, -0.05) is 48.7 Å². The molecule has 1 atom stereocenters. The van der Waals surface area contributed by atoms with Crippen LogP contribution in [0.15, 0.2) is 48.5 Å². The molecule has 3 aromatic rings. The molecule has 1 fully saturated rings. The van der Waals surface area contributed by atoms with Gasteiger partial charge in [-0.3, -0.25) is 4.90 Å². The average molecular weight is 426 g/mol. The molecule has 0 radical (unpaired) electrons. The summed E-state index contributed by atoms with van der Waals surface area (Å²) in [6.07, 6.45) is 7.32. The molecule has 0 N–H and O–H groups in total. The van der Waals surface area contributed by atoms with E-state index in [-0.39, 0.29) is 0 Å². The molecule has 0 aliphatic carbocycles. The van der Waals surface area contributed by atoms with Gasteiger partial charge in [0.15, 0.2) is 0 Å². The molecule has 0 spiro atoms. The van der Waals surface area contributed by atoms with E-state index in [2.05, 4.69) is 40.7 Å². The predicted octanol–water partition coefficient (Wildman–Crippen LogP) is 6.49. The monoisotopic (exact) mass is 425 g/mol. The second-order valence-corrected chi connectivity index (χ2v) is 8.63. The van der Waals surface area contributed by atoms with Crippen LogP contribution in [0.25, 0.3) is 11.0 Å². The van der Waals surface area contributed by atoms with E-state index in [1.807, 2.05) is 24.3 Å². The number of nitrogens with zero attached hydrogens (tertiary/aromatic N) is 3. The molecule has 1 aliphatic rings. The largest absolute Gasteiger partial charge is 0.492 e. The molecule has 1 aromatic heterocycles. The Bertz CT molecular complexity index is 946. The SMILES string of the molecule is CC(c1nc2ccccc2n1CCCCOc1ccccc1Cl)N1CCCCCC1. The molecule has 4 nitrogen and oxygen atoms in total. The Hall–Kier alpha value is -2.04. The van der Waals surface area contributed by atoms with E-state index in [1.54, 1.807) is 0 Å². The van der Waals surface area contributed by atoms with Crippen LogP contribution in [0.1, 0.15) is 57.3 Å². The number of imidazole rings is 1. The predicted molar refractivity (Wildman–Crippen MR) is 124 cm³/mol. The number of aryl methyl sites for hydroxylation is 1. The molecule has 160 valence electrons. The first kappa shape index (κ1) is 21.2. The van der Waals surface area contributed by atoms with E-state index in [1.165, 1.54) is 50.1 Å². The van der Waals surface area contributed by atoms with Gasteiger partial charge in [-0.2, -0.15) is 0 Å². The number of fused-ring (bicyclic) bond motifs is 1. The van der Waals surface area contributed by atoms with Gasteiger partial charge < -0.3 is 9.30 Å². The Kier molecular flexibility index (Phi) is 7.29. The number of para-hydroxylation sites is 3. The van der Waals surface area contributed by atoms with Crippen molar-refractivity contribution in [3.05, 3.63) is 59.4 Å². The molecule has 2 aromatic carbocycles. The molecule has 1 saturated heterocycles. The van der Waals surface area contributed by atoms with Crippen LogP contribution in [0.4, 0.5) is 0 Å². The maximum atomic E-state index is 6.18. The number of ether oxygens (including phenoxy) is 1. The summed E-state index contributed by atoms with van der Waals surface area (Å²) in [5, 5.41) is 0.673. The third kappa shape index (κ3) is 4.98. The van der Waals surface area contributed by atoms with Crippen molar-refractivity contribution >= 4 is 22.6 Å². The molecule has 0 bridgehead atoms. The van der Waals surface area contributed by atoms with Crippen molar-refractivity contribution in [2.75, 3.05) is 19.7 Å². The summed E-state index contributed by atoms with van der Waals surface area (Å²) in [7, 11) is 0. The van der Waals surface area contributed by atoms with E-state index in [0.717, 1.165) is 30.7 Å². The lowest BCUT2D eigenvalue weighted by molar-refractivity contribution is 0.207. The summed E-state index contributed by atoms with van der Waals surface area (Å²) in [6.45, 7) is 6.31. The van der Waals surface area contributed by atoms with E-state index in [0.29, 0.717) is 17.7 Å². The minimum atomic E-state index is 0.342. The fourth-order valence-electron chi connectivity index (χ4n) is 4.41. The van der Waals surface area contributed by atoms with Crippen LogP contribution in [0.2, 0.25) is 5.02 Å². The highest BCUT2D eigenvalue weighted by molar-refractivity contribution is 6.32. The zero-order valence-corrected chi connectivity index (χ0v) is 18.7. The first-order chi connectivity index (χ1) is 14.7. The van der Waals surface area contributed by atoms with Crippen LogP contribution in [-0.2, 0) is 6.54 Å². The van der Waals surface area contributed by atoms with Gasteiger partial charge in [0.25, 0.3) is 0 Å². The molecule has 0 saturated carbocycles. The van der Waals surface area contributed by atoms with Gasteiger partial charge in [0, 0.05) is 6.54 Å². The number of hydrogen-bond donors (Lipinski definition) is 0. The molecule has 1 aliphatic heterocycles. The second kappa shape index (κ2) is 10.3. The van der Waals surface area contributed by atoms with Crippen molar-refractivity contribution in [3.63, 3.8) is 0 Å². The Morgan fingerprint density at radius 1 is 0.967 bits per heavy atom. The number of hydrogen-bond acceptors (Lipinski definition) is 3. The van der Waals surface area contributed by atoms with Gasteiger partial charge in [0.1, 0.15) is 11.6 Å². The van der Waals surface area contributed by atoms with Crippen LogP contribution in [0.3, 0.4) is 0 Å². The highest BCUT2D eigenvalue weighted by Crippen LogP contribution is 2.28. The van der Waals surface area contributed by atoms with Gasteiger partial charge in [-0.05, 0) is 70.0 Å². The Balaban J connectivity index is 1.43. The average Bonchev–Trinajstić information content (AvgIpc) is 2.93. The topological polar surface area (TPSA) is 30.3 Å². The van der Waals surface area contributed by atoms with Crippen molar-refractivity contribution in [2.45, 2.75) is 58.0 Å². The number of rotatable bonds is 8. The Morgan fingerprint density at radius 3 is 2.50 bits per heavy atom. The van der Waals surface area contributed by atoms with E-state index in [9.17, 15) is 0 Å². The summed E-state index contributed by atoms with van der Waals surface area (Å²) in [5.74, 6) is 1.97. The van der Waals surface area contributed by atoms with Gasteiger partial charge in [0.05, 0.1) is 28.7 Å². The van der Waals surface area contributed by atoms with Crippen LogP contribution < -0.4 is 4.74 Å². The molecule has 1 unspecified atom stereocenters. The Morgan fingerprint density at radius 2 is 1.70 bits per heavy atom. The standard InChI is InChI=1S/C25H32ClN3O/c1-20(28-16-8-2-3-9-17-28)25-27-22-13-5-6-14-23(22)29(25)18-10-11-19-30-24-15-7-4-12-21(24)26/h4-7,12-15,20H,2-3,8-11,16-19H2,1H3. The second-order valence-electron chi connectivity index (χ2n) is 8.22. The maximum absolute atomic E-state index is 6.18. The highest BCUT2D eigenvalue weighted by atomic mass is 35.5. The van der Waals surface area contributed by atoms with E-state index >= 15 is 0 Å². The lowest BCUT2D eigenvalue weighted by atomic mass is 10.2. The third-order valence-electron chi connectivity index (χ3n) is 6.12. The van der Waals surface area contributed by atoms with E-state index < -0.39 is 0 Å². The van der Waals surface area contributed by atoms with Crippen LogP contribution in [-0.4, -0.2) is 34.1 Å². The molecule has 4 rings (SSSR count). The minimum Gasteiger partial charge on any atom is -0.492 e. The molecule has 0 amide bonds. The normalized spacial score (nSPS) is 16.5. The zero-order chi connectivity index (χ0) is 20.8. The van der Waals surface area contributed by atoms with Crippen molar-refractivity contribution in [1.29, 1.82) is 0 Å². The fourth-order valence-corrected chi connectivity index (χ4v) is 4.60. The lowest BCUT2D eigenvalue weighted by Crippen LogP contribution is -2.30. The van der Waals surface area contributed by atoms with Crippen molar-refractivity contribution in [2.24, 2.45) is 0 Å². The van der Waals surface area contributed by atoms with E-state index in [4.69, 9.17) is 21.3 Å². The Labute approximate surface area is 184 Å².